The van der Waals surface area contributed by atoms with E-state index in [4.69, 9.17) is 5.11 Å². The van der Waals surface area contributed by atoms with Crippen molar-refractivity contribution in [2.45, 2.75) is 6.61 Å². The fraction of sp³-hybridized carbons (Fsp3) is 0.333. The Morgan fingerprint density at radius 1 is 1.40 bits per heavy atom. The fourth-order valence-corrected chi connectivity index (χ4v) is 1.88. The van der Waals surface area contributed by atoms with Crippen molar-refractivity contribution in [1.29, 1.82) is 0 Å². The molecule has 20 heavy (non-hydrogen) atoms. The summed E-state index contributed by atoms with van der Waals surface area (Å²) in [5.74, 6) is -1.02. The highest BCUT2D eigenvalue weighted by atomic mass is 32.2. The number of rotatable bonds is 8. The maximum Gasteiger partial charge on any atom is 0.387 e. The molecule has 0 aliphatic carbocycles. The van der Waals surface area contributed by atoms with Gasteiger partial charge >= 0.3 is 12.6 Å². The van der Waals surface area contributed by atoms with Crippen molar-refractivity contribution in [3.05, 3.63) is 29.8 Å². The lowest BCUT2D eigenvalue weighted by molar-refractivity contribution is -0.133. The number of hydrogen-bond donors (Lipinski definition) is 2. The Morgan fingerprint density at radius 3 is 2.80 bits per heavy atom. The fourth-order valence-electron chi connectivity index (χ4n) is 1.31. The second-order valence-corrected chi connectivity index (χ2v) is 4.71. The smallest absolute Gasteiger partial charge is 0.387 e. The molecule has 1 amide bonds. The Kier molecular flexibility index (Phi) is 6.78. The predicted octanol–water partition coefficient (Wildman–Crippen LogP) is 1.84. The molecule has 0 atom stereocenters. The first-order chi connectivity index (χ1) is 9.49. The maximum atomic E-state index is 12.0. The minimum absolute atomic E-state index is 0.0341. The van der Waals surface area contributed by atoms with Gasteiger partial charge in [0.1, 0.15) is 5.75 Å². The van der Waals surface area contributed by atoms with Crippen molar-refractivity contribution >= 4 is 23.6 Å². The molecule has 110 valence electrons. The topological polar surface area (TPSA) is 75.6 Å². The third-order valence-corrected chi connectivity index (χ3v) is 3.02. The van der Waals surface area contributed by atoms with Gasteiger partial charge in [0.2, 0.25) is 0 Å². The molecule has 1 aromatic rings. The third-order valence-electron chi connectivity index (χ3n) is 2.08. The number of nitrogens with one attached hydrogen (secondary N) is 1. The van der Waals surface area contributed by atoms with E-state index in [1.807, 2.05) is 0 Å². The summed E-state index contributed by atoms with van der Waals surface area (Å²) in [6, 6.07) is 5.45. The molecule has 0 spiro atoms. The average molecular weight is 305 g/mol. The zero-order valence-electron chi connectivity index (χ0n) is 10.3. The molecular weight excluding hydrogens is 292 g/mol. The number of carboxylic acid groups (broad SMARTS) is 1. The van der Waals surface area contributed by atoms with Crippen molar-refractivity contribution < 1.29 is 28.2 Å². The van der Waals surface area contributed by atoms with Gasteiger partial charge < -0.3 is 15.2 Å². The summed E-state index contributed by atoms with van der Waals surface area (Å²) in [5, 5.41) is 11.0. The second-order valence-electron chi connectivity index (χ2n) is 3.61. The molecule has 1 rings (SSSR count). The number of carbonyl (C=O) groups excluding carboxylic acids is 1. The molecule has 2 N–H and O–H groups in total. The van der Waals surface area contributed by atoms with Crippen molar-refractivity contribution in [3.63, 3.8) is 0 Å². The van der Waals surface area contributed by atoms with Crippen LogP contribution in [0.25, 0.3) is 0 Å². The Balaban J connectivity index is 2.41. The number of halogens is 2. The van der Waals surface area contributed by atoms with Gasteiger partial charge in [0.25, 0.3) is 5.91 Å². The highest BCUT2D eigenvalue weighted by molar-refractivity contribution is 7.99. The molecule has 0 saturated heterocycles. The Morgan fingerprint density at radius 2 is 2.15 bits per heavy atom. The number of carboxylic acids is 1. The van der Waals surface area contributed by atoms with Crippen LogP contribution in [0.3, 0.4) is 0 Å². The Hall–Kier alpha value is -1.83. The first-order valence-corrected chi connectivity index (χ1v) is 6.77. The van der Waals surface area contributed by atoms with Gasteiger partial charge in [-0.1, -0.05) is 6.07 Å². The van der Waals surface area contributed by atoms with Gasteiger partial charge in [0.15, 0.2) is 0 Å². The van der Waals surface area contributed by atoms with Gasteiger partial charge in [-0.25, -0.2) is 0 Å². The monoisotopic (exact) mass is 305 g/mol. The van der Waals surface area contributed by atoms with Crippen molar-refractivity contribution in [1.82, 2.24) is 5.32 Å². The van der Waals surface area contributed by atoms with E-state index in [2.05, 4.69) is 10.1 Å². The zero-order valence-corrected chi connectivity index (χ0v) is 11.2. The maximum absolute atomic E-state index is 12.0. The summed E-state index contributed by atoms with van der Waals surface area (Å²) in [6.45, 7) is -2.66. The summed E-state index contributed by atoms with van der Waals surface area (Å²) in [7, 11) is 0. The van der Waals surface area contributed by atoms with Crippen LogP contribution < -0.4 is 10.1 Å². The van der Waals surface area contributed by atoms with E-state index in [-0.39, 0.29) is 23.6 Å². The molecule has 0 fully saturated rings. The summed E-state index contributed by atoms with van der Waals surface area (Å²) in [4.78, 5) is 22.0. The molecule has 1 aromatic carbocycles. The molecule has 8 heteroatoms. The van der Waals surface area contributed by atoms with Crippen LogP contribution in [0.5, 0.6) is 5.75 Å². The standard InChI is InChI=1S/C12H13F2NO4S/c13-12(14)19-9-3-1-2-8(6-9)11(18)15-4-5-20-7-10(16)17/h1-3,6,12H,4-5,7H2,(H,15,18)(H,16,17). The van der Waals surface area contributed by atoms with E-state index in [0.717, 1.165) is 0 Å². The number of benzene rings is 1. The van der Waals surface area contributed by atoms with Crippen LogP contribution in [0.2, 0.25) is 0 Å². The van der Waals surface area contributed by atoms with Crippen LogP contribution in [-0.4, -0.2) is 41.6 Å². The number of ether oxygens (including phenoxy) is 1. The van der Waals surface area contributed by atoms with E-state index in [1.54, 1.807) is 0 Å². The van der Waals surface area contributed by atoms with Gasteiger partial charge in [0.05, 0.1) is 5.75 Å². The molecular formula is C12H13F2NO4S. The van der Waals surface area contributed by atoms with Crippen LogP contribution in [0.1, 0.15) is 10.4 Å². The number of thioether (sulfide) groups is 1. The minimum atomic E-state index is -2.94. The van der Waals surface area contributed by atoms with Crippen LogP contribution in [-0.2, 0) is 4.79 Å². The third kappa shape index (κ3) is 6.37. The highest BCUT2D eigenvalue weighted by Crippen LogP contribution is 2.15. The minimum Gasteiger partial charge on any atom is -0.481 e. The molecule has 0 aliphatic rings. The molecule has 0 radical (unpaired) electrons. The van der Waals surface area contributed by atoms with Gasteiger partial charge in [-0.05, 0) is 18.2 Å². The number of carbonyl (C=O) groups is 2. The first-order valence-electron chi connectivity index (χ1n) is 5.61. The van der Waals surface area contributed by atoms with E-state index in [1.165, 1.54) is 36.0 Å². The van der Waals surface area contributed by atoms with E-state index < -0.39 is 18.5 Å². The normalized spacial score (nSPS) is 10.3. The summed E-state index contributed by atoms with van der Waals surface area (Å²) >= 11 is 1.17. The van der Waals surface area contributed by atoms with Crippen LogP contribution >= 0.6 is 11.8 Å². The molecule has 0 unspecified atom stereocenters. The van der Waals surface area contributed by atoms with E-state index in [0.29, 0.717) is 5.75 Å². The average Bonchev–Trinajstić information content (AvgIpc) is 2.37. The molecule has 0 aromatic heterocycles. The molecule has 0 aliphatic heterocycles. The van der Waals surface area contributed by atoms with Gasteiger partial charge in [-0.3, -0.25) is 9.59 Å². The highest BCUT2D eigenvalue weighted by Gasteiger charge is 2.09. The van der Waals surface area contributed by atoms with Gasteiger partial charge in [-0.15, -0.1) is 11.8 Å². The lowest BCUT2D eigenvalue weighted by Crippen LogP contribution is -2.26. The Bertz CT molecular complexity index is 471. The van der Waals surface area contributed by atoms with Gasteiger partial charge in [0, 0.05) is 17.9 Å². The largest absolute Gasteiger partial charge is 0.481 e. The molecule has 0 heterocycles. The second kappa shape index (κ2) is 8.36. The van der Waals surface area contributed by atoms with Crippen molar-refractivity contribution in [3.8, 4) is 5.75 Å². The number of amides is 1. The summed E-state index contributed by atoms with van der Waals surface area (Å²) < 4.78 is 28.3. The van der Waals surface area contributed by atoms with Crippen LogP contribution in [0.4, 0.5) is 8.78 Å². The number of hydrogen-bond acceptors (Lipinski definition) is 4. The van der Waals surface area contributed by atoms with Crippen molar-refractivity contribution in [2.24, 2.45) is 0 Å². The molecule has 0 saturated carbocycles. The summed E-state index contributed by atoms with van der Waals surface area (Å²) in [5.41, 5.74) is 0.200. The first kappa shape index (κ1) is 16.2. The SMILES string of the molecule is O=C(O)CSCCNC(=O)c1cccc(OC(F)F)c1. The quantitative estimate of drug-likeness (QED) is 0.717. The lowest BCUT2D eigenvalue weighted by atomic mass is 10.2. The molecule has 5 nitrogen and oxygen atoms in total. The van der Waals surface area contributed by atoms with Crippen LogP contribution in [0.15, 0.2) is 24.3 Å². The zero-order chi connectivity index (χ0) is 15.0. The van der Waals surface area contributed by atoms with Crippen LogP contribution in [0, 0.1) is 0 Å². The summed E-state index contributed by atoms with van der Waals surface area (Å²) in [6.07, 6.45) is 0. The van der Waals surface area contributed by atoms with E-state index >= 15 is 0 Å². The van der Waals surface area contributed by atoms with Crippen molar-refractivity contribution in [2.75, 3.05) is 18.1 Å². The van der Waals surface area contributed by atoms with E-state index in [9.17, 15) is 18.4 Å². The molecule has 0 bridgehead atoms. The predicted molar refractivity (Wildman–Crippen MR) is 70.4 cm³/mol. The van der Waals surface area contributed by atoms with Gasteiger partial charge in [-0.2, -0.15) is 8.78 Å². The Labute approximate surface area is 118 Å². The number of aliphatic carboxylic acids is 1. The number of alkyl halides is 2. The lowest BCUT2D eigenvalue weighted by Gasteiger charge is -2.07.